The van der Waals surface area contributed by atoms with Crippen LogP contribution >= 0.6 is 0 Å². The molecule has 0 fully saturated rings. The van der Waals surface area contributed by atoms with Crippen LogP contribution in [0.4, 0.5) is 52.7 Å². The van der Waals surface area contributed by atoms with E-state index < -0.39 is 81.4 Å². The standard InChI is InChI=1S/C34H16F12O2/c1-2-3-4-18-5-8-21(24(35)11-18)9-6-19-12-25(36)23(26(37)13-19)10-7-20-14-27(38)31(28(39)15-20)33(42,43)47-22-16-29(40)32(30(41)17-22)48-34(44,45)46/h2,5,8,11-17H,1,3-4H2. The highest BCUT2D eigenvalue weighted by atomic mass is 19.4. The lowest BCUT2D eigenvalue weighted by Crippen LogP contribution is -2.25. The molecule has 0 radical (unpaired) electrons. The molecule has 0 atom stereocenters. The summed E-state index contributed by atoms with van der Waals surface area (Å²) in [4.78, 5) is 0. The second-order valence-electron chi connectivity index (χ2n) is 9.65. The molecule has 14 heteroatoms. The second-order valence-corrected chi connectivity index (χ2v) is 9.65. The van der Waals surface area contributed by atoms with E-state index in [0.717, 1.165) is 12.1 Å². The zero-order chi connectivity index (χ0) is 35.4. The van der Waals surface area contributed by atoms with Crippen molar-refractivity contribution in [2.24, 2.45) is 0 Å². The molecular weight excluding hydrogens is 668 g/mol. The van der Waals surface area contributed by atoms with Crippen LogP contribution in [-0.4, -0.2) is 6.36 Å². The Morgan fingerprint density at radius 1 is 0.604 bits per heavy atom. The van der Waals surface area contributed by atoms with Gasteiger partial charge in [0.1, 0.15) is 40.4 Å². The van der Waals surface area contributed by atoms with E-state index in [1.807, 2.05) is 11.8 Å². The molecule has 0 aliphatic carbocycles. The van der Waals surface area contributed by atoms with Gasteiger partial charge < -0.3 is 9.47 Å². The molecule has 0 aliphatic heterocycles. The number of hydrogen-bond acceptors (Lipinski definition) is 2. The summed E-state index contributed by atoms with van der Waals surface area (Å²) in [5, 5.41) is 0. The third-order valence-corrected chi connectivity index (χ3v) is 6.15. The van der Waals surface area contributed by atoms with Crippen LogP contribution in [0.5, 0.6) is 11.5 Å². The van der Waals surface area contributed by atoms with Crippen LogP contribution in [-0.2, 0) is 12.5 Å². The maximum atomic E-state index is 14.7. The number of hydrogen-bond donors (Lipinski definition) is 0. The molecule has 0 aliphatic rings. The highest BCUT2D eigenvalue weighted by molar-refractivity contribution is 5.50. The Kier molecular flexibility index (Phi) is 10.4. The molecule has 4 rings (SSSR count). The molecule has 248 valence electrons. The van der Waals surface area contributed by atoms with E-state index in [4.69, 9.17) is 0 Å². The lowest BCUT2D eigenvalue weighted by molar-refractivity contribution is -0.276. The van der Waals surface area contributed by atoms with Gasteiger partial charge in [0, 0.05) is 23.3 Å². The highest BCUT2D eigenvalue weighted by Crippen LogP contribution is 2.38. The topological polar surface area (TPSA) is 18.5 Å². The Balaban J connectivity index is 1.55. The summed E-state index contributed by atoms with van der Waals surface area (Å²) in [5.74, 6) is -6.09. The van der Waals surface area contributed by atoms with E-state index in [0.29, 0.717) is 18.4 Å². The Labute approximate surface area is 264 Å². The summed E-state index contributed by atoms with van der Waals surface area (Å²) in [6, 6.07) is 5.98. The van der Waals surface area contributed by atoms with Gasteiger partial charge in [-0.25, -0.2) is 30.7 Å². The van der Waals surface area contributed by atoms with Crippen molar-refractivity contribution in [1.82, 2.24) is 0 Å². The maximum Gasteiger partial charge on any atom is 0.573 e. The van der Waals surface area contributed by atoms with Gasteiger partial charge in [-0.2, -0.15) is 8.78 Å². The minimum Gasteiger partial charge on any atom is -0.429 e. The molecule has 0 unspecified atom stereocenters. The van der Waals surface area contributed by atoms with Gasteiger partial charge in [0.05, 0.1) is 11.1 Å². The smallest absolute Gasteiger partial charge is 0.429 e. The predicted octanol–water partition coefficient (Wildman–Crippen LogP) is 9.61. The van der Waals surface area contributed by atoms with Gasteiger partial charge in [0.2, 0.25) is 5.75 Å². The number of aryl methyl sites for hydroxylation is 1. The first kappa shape index (κ1) is 35.4. The number of rotatable bonds is 7. The third-order valence-electron chi connectivity index (χ3n) is 6.15. The molecule has 0 aromatic heterocycles. The minimum absolute atomic E-state index is 0.0433. The fraction of sp³-hybridized carbons (Fsp3) is 0.118. The highest BCUT2D eigenvalue weighted by Gasteiger charge is 2.42. The molecule has 0 N–H and O–H groups in total. The van der Waals surface area contributed by atoms with Crippen molar-refractivity contribution in [2.45, 2.75) is 25.3 Å². The minimum atomic E-state index is -5.54. The fourth-order valence-corrected chi connectivity index (χ4v) is 4.05. The third kappa shape index (κ3) is 8.64. The van der Waals surface area contributed by atoms with E-state index in [1.165, 1.54) is 12.1 Å². The molecule has 4 aromatic carbocycles. The van der Waals surface area contributed by atoms with Crippen molar-refractivity contribution < 1.29 is 62.2 Å². The summed E-state index contributed by atoms with van der Waals surface area (Å²) in [6.45, 7) is 3.58. The zero-order valence-electron chi connectivity index (χ0n) is 23.7. The zero-order valence-corrected chi connectivity index (χ0v) is 23.7. The summed E-state index contributed by atoms with van der Waals surface area (Å²) < 4.78 is 174. The maximum absolute atomic E-state index is 14.7. The van der Waals surface area contributed by atoms with E-state index in [-0.39, 0.29) is 35.4 Å². The Morgan fingerprint density at radius 2 is 1.15 bits per heavy atom. The first-order chi connectivity index (χ1) is 22.5. The monoisotopic (exact) mass is 684 g/mol. The van der Waals surface area contributed by atoms with Crippen LogP contribution in [0.3, 0.4) is 0 Å². The van der Waals surface area contributed by atoms with Crippen LogP contribution in [0.25, 0.3) is 0 Å². The fourth-order valence-electron chi connectivity index (χ4n) is 4.05. The van der Waals surface area contributed by atoms with Gasteiger partial charge in [0.25, 0.3) is 0 Å². The first-order valence-electron chi connectivity index (χ1n) is 13.2. The molecule has 48 heavy (non-hydrogen) atoms. The van der Waals surface area contributed by atoms with Gasteiger partial charge in [-0.05, 0) is 54.8 Å². The quantitative estimate of drug-likeness (QED) is 0.110. The summed E-state index contributed by atoms with van der Waals surface area (Å²) in [5.41, 5.74) is -3.23. The predicted molar refractivity (Wildman–Crippen MR) is 147 cm³/mol. The summed E-state index contributed by atoms with van der Waals surface area (Å²) >= 11 is 0. The molecule has 2 nitrogen and oxygen atoms in total. The van der Waals surface area contributed by atoms with Gasteiger partial charge >= 0.3 is 12.5 Å². The first-order valence-corrected chi connectivity index (χ1v) is 13.2. The molecule has 4 aromatic rings. The molecule has 0 saturated heterocycles. The number of alkyl halides is 5. The summed E-state index contributed by atoms with van der Waals surface area (Å²) in [7, 11) is 0. The molecule has 0 spiro atoms. The van der Waals surface area contributed by atoms with Crippen LogP contribution in [0, 0.1) is 64.4 Å². The van der Waals surface area contributed by atoms with Gasteiger partial charge in [-0.1, -0.05) is 35.8 Å². The van der Waals surface area contributed by atoms with Crippen LogP contribution in [0.1, 0.15) is 39.8 Å². The van der Waals surface area contributed by atoms with Gasteiger partial charge in [-0.3, -0.25) is 0 Å². The van der Waals surface area contributed by atoms with E-state index in [2.05, 4.69) is 27.9 Å². The Bertz CT molecular complexity index is 1940. The van der Waals surface area contributed by atoms with Crippen LogP contribution < -0.4 is 9.47 Å². The number of benzene rings is 4. The lowest BCUT2D eigenvalue weighted by Gasteiger charge is -2.20. The van der Waals surface area contributed by atoms with Gasteiger partial charge in [0.15, 0.2) is 11.6 Å². The molecule has 0 bridgehead atoms. The molecule has 0 heterocycles. The van der Waals surface area contributed by atoms with Crippen molar-refractivity contribution in [2.75, 3.05) is 0 Å². The number of allylic oxidation sites excluding steroid dienone is 1. The van der Waals surface area contributed by atoms with E-state index >= 15 is 0 Å². The average Bonchev–Trinajstić information content (AvgIpc) is 2.96. The Hall–Kier alpha value is -5.50. The summed E-state index contributed by atoms with van der Waals surface area (Å²) in [6.07, 6.45) is -7.69. The SMILES string of the molecule is C=CCCc1ccc(C#Cc2cc(F)c(C#Cc3cc(F)c(C(F)(F)Oc4cc(F)c(OC(F)(F)F)c(F)c4)c(F)c3)c(F)c2)c(F)c1. The van der Waals surface area contributed by atoms with Crippen molar-refractivity contribution in [1.29, 1.82) is 0 Å². The average molecular weight is 684 g/mol. The van der Waals surface area contributed by atoms with Crippen molar-refractivity contribution in [3.63, 3.8) is 0 Å². The largest absolute Gasteiger partial charge is 0.573 e. The van der Waals surface area contributed by atoms with Gasteiger partial charge in [-0.15, -0.1) is 19.8 Å². The normalized spacial score (nSPS) is 11.2. The second kappa shape index (κ2) is 14.1. The van der Waals surface area contributed by atoms with Crippen molar-refractivity contribution in [3.8, 4) is 35.2 Å². The van der Waals surface area contributed by atoms with Crippen molar-refractivity contribution >= 4 is 0 Å². The molecule has 0 saturated carbocycles. The Morgan fingerprint density at radius 3 is 1.67 bits per heavy atom. The number of ether oxygens (including phenoxy) is 2. The van der Waals surface area contributed by atoms with Crippen LogP contribution in [0.2, 0.25) is 0 Å². The molecular formula is C34H16F12O2. The van der Waals surface area contributed by atoms with E-state index in [1.54, 1.807) is 12.1 Å². The van der Waals surface area contributed by atoms with Crippen LogP contribution in [0.15, 0.2) is 67.3 Å². The molecule has 0 amide bonds. The van der Waals surface area contributed by atoms with E-state index in [9.17, 15) is 52.7 Å². The lowest BCUT2D eigenvalue weighted by atomic mass is 10.1. The number of halogens is 12. The van der Waals surface area contributed by atoms with Crippen molar-refractivity contribution in [3.05, 3.63) is 141 Å².